The number of amides is 1. The molecule has 18 heavy (non-hydrogen) atoms. The van der Waals surface area contributed by atoms with Crippen molar-refractivity contribution in [2.45, 2.75) is 63.1 Å². The Balaban J connectivity index is 1.88. The molecule has 0 radical (unpaired) electrons. The molecule has 0 spiro atoms. The van der Waals surface area contributed by atoms with Crippen molar-refractivity contribution in [2.75, 3.05) is 13.1 Å². The Labute approximate surface area is 120 Å². The van der Waals surface area contributed by atoms with E-state index in [0.717, 1.165) is 32.4 Å². The fourth-order valence-electron chi connectivity index (χ4n) is 3.18. The fourth-order valence-corrected chi connectivity index (χ4v) is 3.80. The van der Waals surface area contributed by atoms with Gasteiger partial charge in [0.05, 0.1) is 0 Å². The number of alkyl halides is 1. The van der Waals surface area contributed by atoms with E-state index in [1.54, 1.807) is 0 Å². The second-order valence-electron chi connectivity index (χ2n) is 6.11. The van der Waals surface area contributed by atoms with Crippen molar-refractivity contribution in [1.29, 1.82) is 0 Å². The van der Waals surface area contributed by atoms with E-state index < -0.39 is 0 Å². The van der Waals surface area contributed by atoms with Crippen molar-refractivity contribution in [3.63, 3.8) is 0 Å². The molecular weight excluding hydrogens is 290 g/mol. The van der Waals surface area contributed by atoms with Crippen LogP contribution in [0.1, 0.15) is 58.3 Å². The molecule has 2 aliphatic rings. The summed E-state index contributed by atoms with van der Waals surface area (Å²) in [6.07, 6.45) is 9.90. The van der Waals surface area contributed by atoms with Crippen LogP contribution in [0.4, 0.5) is 0 Å². The molecule has 0 N–H and O–H groups in total. The third kappa shape index (κ3) is 3.72. The Morgan fingerprint density at radius 2 is 1.67 bits per heavy atom. The zero-order valence-corrected chi connectivity index (χ0v) is 13.1. The van der Waals surface area contributed by atoms with Crippen LogP contribution in [0.25, 0.3) is 0 Å². The summed E-state index contributed by atoms with van der Waals surface area (Å²) < 4.78 is 0. The minimum absolute atomic E-state index is 0.318. The third-order valence-corrected chi connectivity index (χ3v) is 5.82. The Morgan fingerprint density at radius 3 is 2.28 bits per heavy atom. The minimum Gasteiger partial charge on any atom is -0.341 e. The van der Waals surface area contributed by atoms with Gasteiger partial charge in [0, 0.05) is 23.8 Å². The van der Waals surface area contributed by atoms with Gasteiger partial charge in [-0.05, 0) is 25.2 Å². The van der Waals surface area contributed by atoms with Gasteiger partial charge in [-0.3, -0.25) is 4.79 Å². The summed E-state index contributed by atoms with van der Waals surface area (Å²) in [5.41, 5.74) is 0. The SMILES string of the molecule is CC1CCN(C(=O)C2CCCCCCC2)CC1Br. The monoisotopic (exact) mass is 315 g/mol. The molecule has 2 fully saturated rings. The Bertz CT molecular complexity index is 267. The molecule has 104 valence electrons. The standard InChI is InChI=1S/C15H26BrNO/c1-12-9-10-17(11-14(12)16)15(18)13-7-5-3-2-4-6-8-13/h12-14H,2-11H2,1H3. The fraction of sp³-hybridized carbons (Fsp3) is 0.933. The second-order valence-corrected chi connectivity index (χ2v) is 7.28. The second kappa shape index (κ2) is 6.93. The van der Waals surface area contributed by atoms with Crippen molar-refractivity contribution in [3.05, 3.63) is 0 Å². The van der Waals surface area contributed by atoms with Crippen LogP contribution >= 0.6 is 15.9 Å². The van der Waals surface area contributed by atoms with Gasteiger partial charge < -0.3 is 4.90 Å². The molecule has 1 saturated heterocycles. The van der Waals surface area contributed by atoms with Crippen LogP contribution in [0, 0.1) is 11.8 Å². The number of rotatable bonds is 1. The first-order valence-electron chi connectivity index (χ1n) is 7.61. The summed E-state index contributed by atoms with van der Waals surface area (Å²) in [6, 6.07) is 0. The molecule has 2 unspecified atom stereocenters. The number of likely N-dealkylation sites (tertiary alicyclic amines) is 1. The van der Waals surface area contributed by atoms with Crippen LogP contribution in [-0.2, 0) is 4.79 Å². The minimum atomic E-state index is 0.318. The van der Waals surface area contributed by atoms with Gasteiger partial charge in [0.1, 0.15) is 0 Å². The van der Waals surface area contributed by atoms with Gasteiger partial charge in [0.15, 0.2) is 0 Å². The van der Waals surface area contributed by atoms with E-state index in [0.29, 0.717) is 22.6 Å². The number of hydrogen-bond acceptors (Lipinski definition) is 1. The van der Waals surface area contributed by atoms with E-state index in [2.05, 4.69) is 27.8 Å². The molecular formula is C15H26BrNO. The van der Waals surface area contributed by atoms with Crippen LogP contribution in [-0.4, -0.2) is 28.7 Å². The largest absolute Gasteiger partial charge is 0.341 e. The topological polar surface area (TPSA) is 20.3 Å². The van der Waals surface area contributed by atoms with Gasteiger partial charge in [0.2, 0.25) is 5.91 Å². The predicted molar refractivity (Wildman–Crippen MR) is 78.9 cm³/mol. The lowest BCUT2D eigenvalue weighted by atomic mass is 9.89. The number of carbonyl (C=O) groups is 1. The highest BCUT2D eigenvalue weighted by Crippen LogP contribution is 2.28. The van der Waals surface area contributed by atoms with E-state index in [4.69, 9.17) is 0 Å². The van der Waals surface area contributed by atoms with Crippen molar-refractivity contribution >= 4 is 21.8 Å². The first-order valence-corrected chi connectivity index (χ1v) is 8.53. The average Bonchev–Trinajstić information content (AvgIpc) is 2.31. The molecule has 1 amide bonds. The predicted octanol–water partition coefficient (Wildman–Crippen LogP) is 3.98. The zero-order chi connectivity index (χ0) is 13.0. The Hall–Kier alpha value is -0.0500. The van der Waals surface area contributed by atoms with Crippen LogP contribution < -0.4 is 0 Å². The van der Waals surface area contributed by atoms with Gasteiger partial charge in [-0.15, -0.1) is 0 Å². The summed E-state index contributed by atoms with van der Waals surface area (Å²) in [7, 11) is 0. The van der Waals surface area contributed by atoms with Crippen LogP contribution in [0.3, 0.4) is 0 Å². The van der Waals surface area contributed by atoms with Crippen molar-refractivity contribution in [2.24, 2.45) is 11.8 Å². The molecule has 1 aliphatic heterocycles. The normalized spacial score (nSPS) is 31.8. The van der Waals surface area contributed by atoms with Crippen molar-refractivity contribution < 1.29 is 4.79 Å². The van der Waals surface area contributed by atoms with Crippen LogP contribution in [0.2, 0.25) is 0 Å². The maximum atomic E-state index is 12.6. The van der Waals surface area contributed by atoms with Crippen molar-refractivity contribution in [3.8, 4) is 0 Å². The number of carbonyl (C=O) groups excluding carboxylic acids is 1. The van der Waals surface area contributed by atoms with Crippen molar-refractivity contribution in [1.82, 2.24) is 4.90 Å². The Kier molecular flexibility index (Phi) is 5.53. The van der Waals surface area contributed by atoms with Crippen LogP contribution in [0.15, 0.2) is 0 Å². The van der Waals surface area contributed by atoms with Gasteiger partial charge in [-0.1, -0.05) is 55.0 Å². The maximum absolute atomic E-state index is 12.6. The van der Waals surface area contributed by atoms with Gasteiger partial charge in [-0.25, -0.2) is 0 Å². The first-order chi connectivity index (χ1) is 8.68. The lowest BCUT2D eigenvalue weighted by Gasteiger charge is -2.36. The lowest BCUT2D eigenvalue weighted by molar-refractivity contribution is -0.137. The van der Waals surface area contributed by atoms with Gasteiger partial charge in [-0.2, -0.15) is 0 Å². The zero-order valence-electron chi connectivity index (χ0n) is 11.5. The lowest BCUT2D eigenvalue weighted by Crippen LogP contribution is -2.46. The van der Waals surface area contributed by atoms with Gasteiger partial charge >= 0.3 is 0 Å². The number of halogens is 1. The quantitative estimate of drug-likeness (QED) is 0.670. The molecule has 0 aromatic heterocycles. The molecule has 2 rings (SSSR count). The molecule has 2 atom stereocenters. The molecule has 2 nitrogen and oxygen atoms in total. The number of piperidine rings is 1. The summed E-state index contributed by atoms with van der Waals surface area (Å²) in [4.78, 5) is 15.2. The summed E-state index contributed by atoms with van der Waals surface area (Å²) >= 11 is 3.72. The first kappa shape index (κ1) is 14.4. The van der Waals surface area contributed by atoms with E-state index in [1.165, 1.54) is 32.1 Å². The van der Waals surface area contributed by atoms with E-state index >= 15 is 0 Å². The molecule has 0 aromatic rings. The molecule has 1 saturated carbocycles. The van der Waals surface area contributed by atoms with Crippen LogP contribution in [0.5, 0.6) is 0 Å². The summed E-state index contributed by atoms with van der Waals surface area (Å²) in [5, 5.41) is 0. The Morgan fingerprint density at radius 1 is 1.06 bits per heavy atom. The maximum Gasteiger partial charge on any atom is 0.225 e. The summed E-state index contributed by atoms with van der Waals surface area (Å²) in [6.45, 7) is 4.16. The number of hydrogen-bond donors (Lipinski definition) is 0. The highest BCUT2D eigenvalue weighted by atomic mass is 79.9. The molecule has 3 heteroatoms. The molecule has 0 aromatic carbocycles. The van der Waals surface area contributed by atoms with E-state index in [-0.39, 0.29) is 0 Å². The molecule has 0 bridgehead atoms. The van der Waals surface area contributed by atoms with E-state index in [9.17, 15) is 4.79 Å². The molecule has 1 heterocycles. The third-order valence-electron chi connectivity index (χ3n) is 4.63. The number of nitrogens with zero attached hydrogens (tertiary/aromatic N) is 1. The van der Waals surface area contributed by atoms with E-state index in [1.807, 2.05) is 0 Å². The highest BCUT2D eigenvalue weighted by molar-refractivity contribution is 9.09. The van der Waals surface area contributed by atoms with Gasteiger partial charge in [0.25, 0.3) is 0 Å². The highest BCUT2D eigenvalue weighted by Gasteiger charge is 2.30. The smallest absolute Gasteiger partial charge is 0.225 e. The summed E-state index contributed by atoms with van der Waals surface area (Å²) in [5.74, 6) is 1.46. The molecule has 1 aliphatic carbocycles. The average molecular weight is 316 g/mol.